The number of rotatable bonds is 10. The van der Waals surface area contributed by atoms with Gasteiger partial charge in [0.15, 0.2) is 5.78 Å². The number of hydrogen-bond donors (Lipinski definition) is 1. The van der Waals surface area contributed by atoms with Gasteiger partial charge in [-0.3, -0.25) is 4.79 Å². The Morgan fingerprint density at radius 3 is 2.75 bits per heavy atom. The number of halogens is 1. The molecule has 1 unspecified atom stereocenters. The van der Waals surface area contributed by atoms with Gasteiger partial charge in [0.2, 0.25) is 0 Å². The van der Waals surface area contributed by atoms with E-state index in [4.69, 9.17) is 0 Å². The molecule has 0 saturated carbocycles. The lowest BCUT2D eigenvalue weighted by atomic mass is 9.90. The lowest BCUT2D eigenvalue weighted by Crippen LogP contribution is -2.19. The summed E-state index contributed by atoms with van der Waals surface area (Å²) in [6, 6.07) is 14.2. The molecule has 0 aliphatic carbocycles. The van der Waals surface area contributed by atoms with Crippen molar-refractivity contribution in [1.82, 2.24) is 4.90 Å². The van der Waals surface area contributed by atoms with Crippen molar-refractivity contribution in [1.29, 1.82) is 0 Å². The van der Waals surface area contributed by atoms with Crippen LogP contribution in [0.25, 0.3) is 0 Å². The highest BCUT2D eigenvalue weighted by atomic mass is 79.9. The summed E-state index contributed by atoms with van der Waals surface area (Å²) in [6.07, 6.45) is 6.63. The Morgan fingerprint density at radius 2 is 2.00 bits per heavy atom. The van der Waals surface area contributed by atoms with E-state index in [0.29, 0.717) is 6.54 Å². The van der Waals surface area contributed by atoms with Crippen LogP contribution >= 0.6 is 15.9 Å². The molecule has 1 atom stereocenters. The molecule has 0 fully saturated rings. The largest absolute Gasteiger partial charge is 0.384 e. The predicted molar refractivity (Wildman–Crippen MR) is 121 cm³/mol. The van der Waals surface area contributed by atoms with E-state index in [0.717, 1.165) is 40.8 Å². The molecule has 0 amide bonds. The molecular formula is C24H29BrN2O. The lowest BCUT2D eigenvalue weighted by Gasteiger charge is -2.14. The summed E-state index contributed by atoms with van der Waals surface area (Å²) in [6.45, 7) is 6.53. The topological polar surface area (TPSA) is 32.3 Å². The molecule has 0 spiro atoms. The van der Waals surface area contributed by atoms with Crippen molar-refractivity contribution in [3.63, 3.8) is 0 Å². The summed E-state index contributed by atoms with van der Waals surface area (Å²) in [5, 5.41) is 3.40. The zero-order valence-electron chi connectivity index (χ0n) is 16.6. The van der Waals surface area contributed by atoms with Gasteiger partial charge in [0, 0.05) is 28.8 Å². The first-order chi connectivity index (χ1) is 13.6. The summed E-state index contributed by atoms with van der Waals surface area (Å²) in [5.41, 5.74) is 4.36. The third kappa shape index (κ3) is 5.33. The number of ketones is 1. The number of unbranched alkanes of at least 4 members (excludes halogenated alkanes) is 2. The van der Waals surface area contributed by atoms with E-state index >= 15 is 0 Å². The Morgan fingerprint density at radius 1 is 1.21 bits per heavy atom. The van der Waals surface area contributed by atoms with Gasteiger partial charge in [0.05, 0.1) is 5.92 Å². The number of carbonyl (C=O) groups excluding carboxylic acids is 1. The molecule has 4 heteroatoms. The van der Waals surface area contributed by atoms with Crippen LogP contribution in [0.15, 0.2) is 59.6 Å². The maximum absolute atomic E-state index is 13.0. The normalized spacial score (nSPS) is 15.3. The van der Waals surface area contributed by atoms with Crippen LogP contribution in [0.2, 0.25) is 0 Å². The van der Waals surface area contributed by atoms with Crippen LogP contribution < -0.4 is 5.32 Å². The van der Waals surface area contributed by atoms with E-state index < -0.39 is 0 Å². The Labute approximate surface area is 177 Å². The monoisotopic (exact) mass is 440 g/mol. The number of nitrogens with one attached hydrogen (secondary N) is 1. The zero-order chi connectivity index (χ0) is 19.9. The number of nitrogens with zero attached hydrogens (tertiary/aromatic N) is 1. The number of aryl methyl sites for hydroxylation is 1. The molecule has 1 N–H and O–H groups in total. The highest BCUT2D eigenvalue weighted by Gasteiger charge is 2.29. The zero-order valence-corrected chi connectivity index (χ0v) is 18.2. The van der Waals surface area contributed by atoms with Crippen molar-refractivity contribution in [2.24, 2.45) is 0 Å². The average molecular weight is 441 g/mol. The minimum Gasteiger partial charge on any atom is -0.384 e. The SMILES string of the molecule is C=CCN(C)CCCCCc1ccc2c(c1)C(C(=O)c1ccc(Br)cc1)CN2. The maximum Gasteiger partial charge on any atom is 0.172 e. The predicted octanol–water partition coefficient (Wildman–Crippen LogP) is 5.67. The summed E-state index contributed by atoms with van der Waals surface area (Å²) in [4.78, 5) is 15.3. The number of benzene rings is 2. The van der Waals surface area contributed by atoms with Gasteiger partial charge in [-0.1, -0.05) is 52.7 Å². The van der Waals surface area contributed by atoms with E-state index in [1.165, 1.54) is 24.8 Å². The van der Waals surface area contributed by atoms with Crippen LogP contribution in [0, 0.1) is 0 Å². The van der Waals surface area contributed by atoms with Crippen LogP contribution in [0.4, 0.5) is 5.69 Å². The Hall–Kier alpha value is -1.91. The smallest absolute Gasteiger partial charge is 0.172 e. The fourth-order valence-electron chi connectivity index (χ4n) is 3.79. The molecule has 1 aliphatic rings. The second kappa shape index (κ2) is 10.0. The van der Waals surface area contributed by atoms with Crippen molar-refractivity contribution in [3.8, 4) is 0 Å². The van der Waals surface area contributed by atoms with Gasteiger partial charge in [0.25, 0.3) is 0 Å². The minimum atomic E-state index is -0.0938. The molecule has 0 aromatic heterocycles. The molecular weight excluding hydrogens is 412 g/mol. The summed E-state index contributed by atoms with van der Waals surface area (Å²) in [7, 11) is 2.14. The summed E-state index contributed by atoms with van der Waals surface area (Å²) in [5.74, 6) is 0.102. The number of hydrogen-bond acceptors (Lipinski definition) is 3. The van der Waals surface area contributed by atoms with E-state index in [2.05, 4.69) is 58.0 Å². The van der Waals surface area contributed by atoms with Crippen LogP contribution in [0.3, 0.4) is 0 Å². The fourth-order valence-corrected chi connectivity index (χ4v) is 4.05. The van der Waals surface area contributed by atoms with Crippen molar-refractivity contribution >= 4 is 27.4 Å². The van der Waals surface area contributed by atoms with Crippen LogP contribution in [0.5, 0.6) is 0 Å². The van der Waals surface area contributed by atoms with Gasteiger partial charge in [-0.2, -0.15) is 0 Å². The van der Waals surface area contributed by atoms with E-state index in [1.54, 1.807) is 0 Å². The molecule has 148 valence electrons. The molecule has 0 saturated heterocycles. The Kier molecular flexibility index (Phi) is 7.46. The van der Waals surface area contributed by atoms with E-state index in [-0.39, 0.29) is 11.7 Å². The molecule has 1 aliphatic heterocycles. The molecule has 0 radical (unpaired) electrons. The number of Topliss-reactive ketones (excluding diaryl/α,β-unsaturated/α-hetero) is 1. The Balaban J connectivity index is 1.57. The van der Waals surface area contributed by atoms with E-state index in [9.17, 15) is 4.79 Å². The molecule has 28 heavy (non-hydrogen) atoms. The first-order valence-corrected chi connectivity index (χ1v) is 10.8. The van der Waals surface area contributed by atoms with Gasteiger partial charge in [-0.25, -0.2) is 0 Å². The fraction of sp³-hybridized carbons (Fsp3) is 0.375. The van der Waals surface area contributed by atoms with E-state index in [1.807, 2.05) is 30.3 Å². The molecule has 1 heterocycles. The highest BCUT2D eigenvalue weighted by molar-refractivity contribution is 9.10. The standard InChI is InChI=1S/C24H29BrN2O/c1-3-14-27(2)15-6-4-5-7-18-8-13-23-21(16-18)22(17-26-23)24(28)19-9-11-20(25)12-10-19/h3,8-13,16,22,26H,1,4-7,14-15,17H2,2H3. The van der Waals surface area contributed by atoms with Crippen LogP contribution in [-0.4, -0.2) is 37.4 Å². The van der Waals surface area contributed by atoms with Crippen molar-refractivity contribution in [2.75, 3.05) is 32.0 Å². The summed E-state index contributed by atoms with van der Waals surface area (Å²) >= 11 is 3.43. The van der Waals surface area contributed by atoms with Crippen molar-refractivity contribution in [2.45, 2.75) is 31.6 Å². The third-order valence-corrected chi connectivity index (χ3v) is 5.91. The molecule has 3 nitrogen and oxygen atoms in total. The van der Waals surface area contributed by atoms with Crippen LogP contribution in [-0.2, 0) is 6.42 Å². The van der Waals surface area contributed by atoms with Gasteiger partial charge in [-0.15, -0.1) is 6.58 Å². The second-order valence-electron chi connectivity index (χ2n) is 7.59. The van der Waals surface area contributed by atoms with Gasteiger partial charge >= 0.3 is 0 Å². The number of fused-ring (bicyclic) bond motifs is 1. The van der Waals surface area contributed by atoms with Gasteiger partial charge in [0.1, 0.15) is 0 Å². The van der Waals surface area contributed by atoms with Gasteiger partial charge < -0.3 is 10.2 Å². The van der Waals surface area contributed by atoms with Crippen molar-refractivity contribution in [3.05, 3.63) is 76.3 Å². The molecule has 0 bridgehead atoms. The number of carbonyl (C=O) groups is 1. The summed E-state index contributed by atoms with van der Waals surface area (Å²) < 4.78 is 0.993. The molecule has 2 aromatic carbocycles. The van der Waals surface area contributed by atoms with Crippen molar-refractivity contribution < 1.29 is 4.79 Å². The second-order valence-corrected chi connectivity index (χ2v) is 8.50. The maximum atomic E-state index is 13.0. The lowest BCUT2D eigenvalue weighted by molar-refractivity contribution is 0.0966. The quantitative estimate of drug-likeness (QED) is 0.293. The third-order valence-electron chi connectivity index (χ3n) is 5.38. The van der Waals surface area contributed by atoms with Crippen LogP contribution in [0.1, 0.15) is 46.7 Å². The first-order valence-electron chi connectivity index (χ1n) is 10.0. The Bertz CT molecular complexity index is 816. The number of likely N-dealkylation sites (N-methyl/N-ethyl adjacent to an activating group) is 1. The number of anilines is 1. The minimum absolute atomic E-state index is 0.0938. The molecule has 2 aromatic rings. The average Bonchev–Trinajstić information content (AvgIpc) is 3.11. The highest BCUT2D eigenvalue weighted by Crippen LogP contribution is 2.35. The first kappa shape index (κ1) is 20.8. The molecule has 3 rings (SSSR count). The van der Waals surface area contributed by atoms with Gasteiger partial charge in [-0.05, 0) is 62.2 Å².